The predicted molar refractivity (Wildman–Crippen MR) is 116 cm³/mol. The summed E-state index contributed by atoms with van der Waals surface area (Å²) in [4.78, 5) is 25.1. The van der Waals surface area contributed by atoms with Gasteiger partial charge >= 0.3 is 5.97 Å². The summed E-state index contributed by atoms with van der Waals surface area (Å²) >= 11 is 4.73. The van der Waals surface area contributed by atoms with Crippen LogP contribution in [0, 0.1) is 0 Å². The average molecular weight is 424 g/mol. The minimum Gasteiger partial charge on any atom is -0.493 e. The van der Waals surface area contributed by atoms with Crippen LogP contribution < -0.4 is 5.73 Å². The van der Waals surface area contributed by atoms with E-state index < -0.39 is 12.0 Å². The summed E-state index contributed by atoms with van der Waals surface area (Å²) < 4.78 is 6.44. The third-order valence-electron chi connectivity index (χ3n) is 4.51. The smallest absolute Gasteiger partial charge is 0.328 e. The number of rotatable bonds is 6. The Morgan fingerprint density at radius 3 is 2.53 bits per heavy atom. The van der Waals surface area contributed by atoms with Crippen molar-refractivity contribution >= 4 is 45.7 Å². The topological polar surface area (TPSA) is 119 Å². The Bertz CT molecular complexity index is 1150. The van der Waals surface area contributed by atoms with Crippen molar-refractivity contribution in [1.29, 1.82) is 0 Å². The molecule has 0 aliphatic carbocycles. The molecule has 3 aromatic rings. The van der Waals surface area contributed by atoms with Crippen molar-refractivity contribution in [2.24, 2.45) is 16.0 Å². The van der Waals surface area contributed by atoms with E-state index in [9.17, 15) is 14.7 Å². The van der Waals surface area contributed by atoms with E-state index in [0.717, 1.165) is 0 Å². The summed E-state index contributed by atoms with van der Waals surface area (Å²) in [7, 11) is 0. The van der Waals surface area contributed by atoms with Crippen LogP contribution in [0.5, 0.6) is 5.88 Å². The number of aromatic hydroxyl groups is 1. The molecule has 0 saturated heterocycles. The zero-order valence-corrected chi connectivity index (χ0v) is 17.2. The van der Waals surface area contributed by atoms with E-state index in [0.29, 0.717) is 22.0 Å². The molecule has 9 heteroatoms. The van der Waals surface area contributed by atoms with Crippen molar-refractivity contribution in [2.75, 3.05) is 6.61 Å². The van der Waals surface area contributed by atoms with Gasteiger partial charge in [-0.1, -0.05) is 30.3 Å². The standard InChI is InChI=1S/C21H20N4O4S/c1-3-29-20(28)12(2)25-16-10-9-14(18(26)13-7-5-4-6-8-13)11-15(16)17(19(25)27)23-24-21(22)30/h4-12,27H,3H2,1-2H3,(H2,22,30)/t12-/m0/s1. The molecular weight excluding hydrogens is 404 g/mol. The normalized spacial score (nSPS) is 12.2. The van der Waals surface area contributed by atoms with Crippen LogP contribution in [0.1, 0.15) is 35.8 Å². The Labute approximate surface area is 178 Å². The molecule has 3 N–H and O–H groups in total. The first-order valence-corrected chi connectivity index (χ1v) is 9.60. The molecule has 0 unspecified atom stereocenters. The third-order valence-corrected chi connectivity index (χ3v) is 4.59. The van der Waals surface area contributed by atoms with Gasteiger partial charge in [0.15, 0.2) is 11.5 Å². The molecule has 0 fully saturated rings. The number of ether oxygens (including phenoxy) is 1. The Kier molecular flexibility index (Phi) is 6.22. The maximum atomic E-state index is 12.8. The second-order valence-corrected chi connectivity index (χ2v) is 6.85. The van der Waals surface area contributed by atoms with Crippen molar-refractivity contribution in [2.45, 2.75) is 19.9 Å². The summed E-state index contributed by atoms with van der Waals surface area (Å²) in [6.07, 6.45) is 0. The van der Waals surface area contributed by atoms with Crippen LogP contribution in [0.15, 0.2) is 58.8 Å². The lowest BCUT2D eigenvalue weighted by molar-refractivity contribution is -0.146. The number of benzene rings is 2. The minimum atomic E-state index is -0.836. The SMILES string of the molecule is CCOC(=O)[C@H](C)n1c(O)c(N=NC(N)=S)c2cc(C(=O)c3ccccc3)ccc21. The van der Waals surface area contributed by atoms with Crippen molar-refractivity contribution in [1.82, 2.24) is 4.57 Å². The maximum absolute atomic E-state index is 12.8. The monoisotopic (exact) mass is 424 g/mol. The first-order chi connectivity index (χ1) is 14.3. The van der Waals surface area contributed by atoms with E-state index in [4.69, 9.17) is 22.7 Å². The number of fused-ring (bicyclic) bond motifs is 1. The molecular formula is C21H20N4O4S. The largest absolute Gasteiger partial charge is 0.493 e. The molecule has 1 aromatic heterocycles. The van der Waals surface area contributed by atoms with E-state index in [1.807, 2.05) is 6.07 Å². The van der Waals surface area contributed by atoms with Crippen molar-refractivity contribution in [3.63, 3.8) is 0 Å². The van der Waals surface area contributed by atoms with Crippen LogP contribution in [-0.4, -0.2) is 33.1 Å². The number of hydrogen-bond donors (Lipinski definition) is 2. The molecule has 0 saturated carbocycles. The maximum Gasteiger partial charge on any atom is 0.328 e. The summed E-state index contributed by atoms with van der Waals surface area (Å²) in [6, 6.07) is 12.8. The summed E-state index contributed by atoms with van der Waals surface area (Å²) in [6.45, 7) is 3.49. The van der Waals surface area contributed by atoms with E-state index in [-0.39, 0.29) is 29.1 Å². The molecule has 0 bridgehead atoms. The van der Waals surface area contributed by atoms with Gasteiger partial charge in [0, 0.05) is 16.5 Å². The van der Waals surface area contributed by atoms with Crippen molar-refractivity contribution in [3.05, 3.63) is 59.7 Å². The number of carbonyl (C=O) groups is 2. The Morgan fingerprint density at radius 2 is 1.90 bits per heavy atom. The highest BCUT2D eigenvalue weighted by Crippen LogP contribution is 2.41. The van der Waals surface area contributed by atoms with Crippen LogP contribution in [0.25, 0.3) is 10.9 Å². The quantitative estimate of drug-likeness (QED) is 0.267. The third kappa shape index (κ3) is 4.06. The Morgan fingerprint density at radius 1 is 1.20 bits per heavy atom. The minimum absolute atomic E-state index is 0.0525. The van der Waals surface area contributed by atoms with Crippen LogP contribution in [0.2, 0.25) is 0 Å². The van der Waals surface area contributed by atoms with E-state index in [1.54, 1.807) is 56.3 Å². The zero-order valence-electron chi connectivity index (χ0n) is 16.4. The fraction of sp³-hybridized carbons (Fsp3) is 0.190. The van der Waals surface area contributed by atoms with Gasteiger partial charge in [-0.25, -0.2) is 4.79 Å². The van der Waals surface area contributed by atoms with Gasteiger partial charge in [0.05, 0.1) is 12.1 Å². The lowest BCUT2D eigenvalue weighted by Gasteiger charge is -2.15. The predicted octanol–water partition coefficient (Wildman–Crippen LogP) is 4.03. The zero-order chi connectivity index (χ0) is 21.8. The van der Waals surface area contributed by atoms with Gasteiger partial charge in [0.2, 0.25) is 11.0 Å². The first kappa shape index (κ1) is 21.1. The Hall–Kier alpha value is -3.59. The van der Waals surface area contributed by atoms with Crippen molar-refractivity contribution < 1.29 is 19.4 Å². The second kappa shape index (κ2) is 8.83. The molecule has 8 nitrogen and oxygen atoms in total. The molecule has 3 rings (SSSR count). The lowest BCUT2D eigenvalue weighted by Crippen LogP contribution is -2.18. The molecule has 30 heavy (non-hydrogen) atoms. The molecule has 0 aliphatic rings. The molecule has 1 heterocycles. The number of esters is 1. The fourth-order valence-electron chi connectivity index (χ4n) is 3.14. The highest BCUT2D eigenvalue weighted by atomic mass is 32.1. The lowest BCUT2D eigenvalue weighted by atomic mass is 10.0. The Balaban J connectivity index is 2.19. The van der Waals surface area contributed by atoms with E-state index in [1.165, 1.54) is 4.57 Å². The number of ketones is 1. The van der Waals surface area contributed by atoms with Gasteiger partial charge in [0.25, 0.3) is 0 Å². The van der Waals surface area contributed by atoms with Crippen LogP contribution in [-0.2, 0) is 9.53 Å². The van der Waals surface area contributed by atoms with Gasteiger partial charge in [0.1, 0.15) is 6.04 Å². The molecule has 2 aromatic carbocycles. The highest BCUT2D eigenvalue weighted by molar-refractivity contribution is 7.80. The summed E-state index contributed by atoms with van der Waals surface area (Å²) in [5.74, 6) is -1.03. The second-order valence-electron chi connectivity index (χ2n) is 6.44. The number of hydrogen-bond acceptors (Lipinski definition) is 6. The van der Waals surface area contributed by atoms with Crippen LogP contribution in [0.3, 0.4) is 0 Å². The van der Waals surface area contributed by atoms with Gasteiger partial charge in [-0.15, -0.1) is 10.2 Å². The fourth-order valence-corrected chi connectivity index (χ4v) is 3.18. The van der Waals surface area contributed by atoms with Gasteiger partial charge < -0.3 is 15.6 Å². The summed E-state index contributed by atoms with van der Waals surface area (Å²) in [5.41, 5.74) is 6.84. The first-order valence-electron chi connectivity index (χ1n) is 9.19. The molecule has 0 aliphatic heterocycles. The van der Waals surface area contributed by atoms with Crippen molar-refractivity contribution in [3.8, 4) is 5.88 Å². The summed E-state index contributed by atoms with van der Waals surface area (Å²) in [5, 5.41) is 18.6. The number of nitrogens with zero attached hydrogens (tertiary/aromatic N) is 3. The number of carbonyl (C=O) groups excluding carboxylic acids is 2. The van der Waals surface area contributed by atoms with Gasteiger partial charge in [-0.3, -0.25) is 9.36 Å². The average Bonchev–Trinajstić information content (AvgIpc) is 3.02. The van der Waals surface area contributed by atoms with E-state index >= 15 is 0 Å². The number of thiocarbonyl (C=S) groups is 1. The van der Waals surface area contributed by atoms with Crippen LogP contribution >= 0.6 is 12.2 Å². The number of nitrogens with two attached hydrogens (primary N) is 1. The number of aromatic nitrogens is 1. The molecule has 0 spiro atoms. The number of azo groups is 1. The van der Waals surface area contributed by atoms with Gasteiger partial charge in [-0.2, -0.15) is 0 Å². The van der Waals surface area contributed by atoms with Gasteiger partial charge in [-0.05, 0) is 44.3 Å². The molecule has 0 radical (unpaired) electrons. The highest BCUT2D eigenvalue weighted by Gasteiger charge is 2.26. The van der Waals surface area contributed by atoms with E-state index in [2.05, 4.69) is 10.2 Å². The molecule has 0 amide bonds. The molecule has 154 valence electrons. The molecule has 1 atom stereocenters. The van der Waals surface area contributed by atoms with Crippen LogP contribution in [0.4, 0.5) is 5.69 Å².